The SMILES string of the molecule is Cc1nnc(-c2ccc(CC(C)C)cc2)nn1.Cc1nnc(C(C)C)nn1. The van der Waals surface area contributed by atoms with Crippen LogP contribution in [0.2, 0.25) is 0 Å². The Morgan fingerprint density at radius 1 is 0.667 bits per heavy atom. The van der Waals surface area contributed by atoms with Crippen LogP contribution < -0.4 is 0 Å². The molecule has 0 atom stereocenters. The van der Waals surface area contributed by atoms with Crippen LogP contribution in [0.15, 0.2) is 24.3 Å². The third-order valence-electron chi connectivity index (χ3n) is 3.55. The molecule has 8 heteroatoms. The highest BCUT2D eigenvalue weighted by Gasteiger charge is 2.04. The normalized spacial score (nSPS) is 10.7. The third-order valence-corrected chi connectivity index (χ3v) is 3.55. The highest BCUT2D eigenvalue weighted by Crippen LogP contribution is 2.16. The lowest BCUT2D eigenvalue weighted by atomic mass is 10.0. The molecule has 2 aromatic heterocycles. The Morgan fingerprint density at radius 3 is 1.59 bits per heavy atom. The molecule has 0 fully saturated rings. The molecule has 8 nitrogen and oxygen atoms in total. The predicted octanol–water partition coefficient (Wildman–Crippen LogP) is 3.14. The van der Waals surface area contributed by atoms with Crippen molar-refractivity contribution in [1.82, 2.24) is 40.8 Å². The zero-order valence-corrected chi connectivity index (χ0v) is 16.7. The zero-order chi connectivity index (χ0) is 19.8. The summed E-state index contributed by atoms with van der Waals surface area (Å²) in [7, 11) is 0. The first kappa shape index (κ1) is 20.4. The van der Waals surface area contributed by atoms with Crippen LogP contribution in [0, 0.1) is 19.8 Å². The molecule has 0 unspecified atom stereocenters. The second-order valence-electron chi connectivity index (χ2n) is 7.03. The van der Waals surface area contributed by atoms with Gasteiger partial charge in [0.25, 0.3) is 0 Å². The molecule has 0 aliphatic heterocycles. The van der Waals surface area contributed by atoms with Crippen molar-refractivity contribution in [2.24, 2.45) is 5.92 Å². The summed E-state index contributed by atoms with van der Waals surface area (Å²) in [5, 5.41) is 31.1. The van der Waals surface area contributed by atoms with Crippen LogP contribution in [0.5, 0.6) is 0 Å². The lowest BCUT2D eigenvalue weighted by Gasteiger charge is -2.05. The molecule has 0 radical (unpaired) electrons. The number of hydrogen-bond donors (Lipinski definition) is 0. The summed E-state index contributed by atoms with van der Waals surface area (Å²) in [6.45, 7) is 12.0. The summed E-state index contributed by atoms with van der Waals surface area (Å²) in [4.78, 5) is 0. The Hall–Kier alpha value is -2.90. The largest absolute Gasteiger partial charge is 0.203 e. The van der Waals surface area contributed by atoms with Gasteiger partial charge in [0.2, 0.25) is 5.82 Å². The van der Waals surface area contributed by atoms with Crippen molar-refractivity contribution in [1.29, 1.82) is 0 Å². The molecule has 3 aromatic rings. The van der Waals surface area contributed by atoms with Crippen LogP contribution >= 0.6 is 0 Å². The van der Waals surface area contributed by atoms with Gasteiger partial charge in [-0.25, -0.2) is 0 Å². The number of benzene rings is 1. The number of aromatic nitrogens is 8. The van der Waals surface area contributed by atoms with E-state index in [2.05, 4.69) is 66.8 Å². The summed E-state index contributed by atoms with van der Waals surface area (Å²) in [5.74, 6) is 3.45. The molecule has 2 heterocycles. The molecule has 0 N–H and O–H groups in total. The third kappa shape index (κ3) is 6.73. The van der Waals surface area contributed by atoms with Gasteiger partial charge in [-0.2, -0.15) is 0 Å². The quantitative estimate of drug-likeness (QED) is 0.694. The van der Waals surface area contributed by atoms with Gasteiger partial charge in [-0.05, 0) is 31.7 Å². The van der Waals surface area contributed by atoms with Crippen molar-refractivity contribution in [2.45, 2.75) is 53.9 Å². The van der Waals surface area contributed by atoms with Crippen molar-refractivity contribution < 1.29 is 0 Å². The topological polar surface area (TPSA) is 103 Å². The van der Waals surface area contributed by atoms with Gasteiger partial charge in [-0.1, -0.05) is 52.0 Å². The van der Waals surface area contributed by atoms with E-state index >= 15 is 0 Å². The van der Waals surface area contributed by atoms with E-state index in [1.165, 1.54) is 5.56 Å². The van der Waals surface area contributed by atoms with Crippen LogP contribution in [0.1, 0.15) is 56.6 Å². The molecule has 0 bridgehead atoms. The van der Waals surface area contributed by atoms with E-state index in [0.717, 1.165) is 12.0 Å². The minimum absolute atomic E-state index is 0.306. The highest BCUT2D eigenvalue weighted by molar-refractivity contribution is 5.54. The van der Waals surface area contributed by atoms with E-state index in [1.54, 1.807) is 13.8 Å². The molecule has 142 valence electrons. The van der Waals surface area contributed by atoms with Crippen LogP contribution in [-0.2, 0) is 6.42 Å². The van der Waals surface area contributed by atoms with E-state index in [9.17, 15) is 0 Å². The molecule has 0 aliphatic carbocycles. The molecular formula is C19H26N8. The van der Waals surface area contributed by atoms with Crippen molar-refractivity contribution in [3.63, 3.8) is 0 Å². The summed E-state index contributed by atoms with van der Waals surface area (Å²) < 4.78 is 0. The van der Waals surface area contributed by atoms with Gasteiger partial charge in [0.15, 0.2) is 17.5 Å². The molecule has 0 aliphatic rings. The maximum absolute atomic E-state index is 4.02. The van der Waals surface area contributed by atoms with Gasteiger partial charge in [-0.15, -0.1) is 40.8 Å². The molecule has 27 heavy (non-hydrogen) atoms. The molecular weight excluding hydrogens is 340 g/mol. The van der Waals surface area contributed by atoms with Gasteiger partial charge in [0, 0.05) is 11.5 Å². The van der Waals surface area contributed by atoms with Crippen molar-refractivity contribution in [3.05, 3.63) is 47.3 Å². The minimum Gasteiger partial charge on any atom is -0.132 e. The molecule has 3 rings (SSSR count). The second kappa shape index (κ2) is 9.70. The van der Waals surface area contributed by atoms with Gasteiger partial charge in [0.1, 0.15) is 0 Å². The first-order valence-electron chi connectivity index (χ1n) is 9.02. The number of rotatable bonds is 4. The van der Waals surface area contributed by atoms with Gasteiger partial charge >= 0.3 is 0 Å². The minimum atomic E-state index is 0.306. The Balaban J connectivity index is 0.000000223. The molecule has 0 saturated heterocycles. The second-order valence-corrected chi connectivity index (χ2v) is 7.03. The van der Waals surface area contributed by atoms with Crippen LogP contribution in [0.3, 0.4) is 0 Å². The zero-order valence-electron chi connectivity index (χ0n) is 16.7. The smallest absolute Gasteiger partial charge is 0.132 e. The number of hydrogen-bond acceptors (Lipinski definition) is 8. The first-order valence-corrected chi connectivity index (χ1v) is 9.02. The summed E-state index contributed by atoms with van der Waals surface area (Å²) in [6, 6.07) is 8.26. The molecule has 1 aromatic carbocycles. The first-order chi connectivity index (χ1) is 12.8. The predicted molar refractivity (Wildman–Crippen MR) is 103 cm³/mol. The maximum atomic E-state index is 4.02. The van der Waals surface area contributed by atoms with Crippen LogP contribution in [0.4, 0.5) is 0 Å². The Bertz CT molecular complexity index is 812. The van der Waals surface area contributed by atoms with E-state index in [1.807, 2.05) is 26.0 Å². The lowest BCUT2D eigenvalue weighted by Crippen LogP contribution is -2.03. The molecule has 0 spiro atoms. The molecule has 0 saturated carbocycles. The summed E-state index contributed by atoms with van der Waals surface area (Å²) in [6.07, 6.45) is 1.09. The van der Waals surface area contributed by atoms with Gasteiger partial charge in [-0.3, -0.25) is 0 Å². The standard InChI is InChI=1S/C13H16N4.C6H10N4/c1-9(2)8-11-4-6-12(7-5-11)13-16-14-10(3)15-17-13;1-4(2)6-9-7-5(3)8-10-6/h4-7,9H,8H2,1-3H3;4H,1-3H3. The summed E-state index contributed by atoms with van der Waals surface area (Å²) >= 11 is 0. The maximum Gasteiger partial charge on any atom is 0.203 e. The number of aryl methyl sites for hydroxylation is 2. The lowest BCUT2D eigenvalue weighted by molar-refractivity contribution is 0.647. The van der Waals surface area contributed by atoms with Gasteiger partial charge in [0.05, 0.1) is 0 Å². The number of nitrogens with zero attached hydrogens (tertiary/aromatic N) is 8. The van der Waals surface area contributed by atoms with Crippen LogP contribution in [-0.4, -0.2) is 40.8 Å². The molecule has 0 amide bonds. The van der Waals surface area contributed by atoms with E-state index in [-0.39, 0.29) is 0 Å². The van der Waals surface area contributed by atoms with Crippen molar-refractivity contribution in [3.8, 4) is 11.4 Å². The van der Waals surface area contributed by atoms with E-state index in [0.29, 0.717) is 35.1 Å². The van der Waals surface area contributed by atoms with Crippen molar-refractivity contribution in [2.75, 3.05) is 0 Å². The fourth-order valence-corrected chi connectivity index (χ4v) is 2.17. The van der Waals surface area contributed by atoms with Crippen molar-refractivity contribution >= 4 is 0 Å². The van der Waals surface area contributed by atoms with Gasteiger partial charge < -0.3 is 0 Å². The Morgan fingerprint density at radius 2 is 1.15 bits per heavy atom. The van der Waals surface area contributed by atoms with Crippen LogP contribution in [0.25, 0.3) is 11.4 Å². The highest BCUT2D eigenvalue weighted by atomic mass is 15.3. The Kier molecular flexibility index (Phi) is 7.34. The summed E-state index contributed by atoms with van der Waals surface area (Å²) in [5.41, 5.74) is 2.29. The fourth-order valence-electron chi connectivity index (χ4n) is 2.17. The van der Waals surface area contributed by atoms with E-state index in [4.69, 9.17) is 0 Å². The monoisotopic (exact) mass is 366 g/mol. The van der Waals surface area contributed by atoms with E-state index < -0.39 is 0 Å². The average Bonchev–Trinajstić information content (AvgIpc) is 2.63. The Labute approximate surface area is 159 Å². The fraction of sp³-hybridized carbons (Fsp3) is 0.474. The average molecular weight is 366 g/mol.